The second kappa shape index (κ2) is 8.73. The summed E-state index contributed by atoms with van der Waals surface area (Å²) in [6, 6.07) is 5.54. The monoisotopic (exact) mass is 467 g/mol. The molecule has 1 aromatic rings. The van der Waals surface area contributed by atoms with Crippen LogP contribution in [0.4, 0.5) is 0 Å². The number of carbonyl (C=O) groups is 2. The lowest BCUT2D eigenvalue weighted by atomic mass is 10.1. The molecule has 0 unspecified atom stereocenters. The maximum absolute atomic E-state index is 12.7. The Balaban J connectivity index is 2.98. The van der Waals surface area contributed by atoms with Crippen LogP contribution in [0.3, 0.4) is 0 Å². The highest BCUT2D eigenvalue weighted by Crippen LogP contribution is 2.20. The Morgan fingerprint density at radius 1 is 1.38 bits per heavy atom. The number of nitrogens with zero attached hydrogens (tertiary/aromatic N) is 1. The Morgan fingerprint density at radius 2 is 2.05 bits per heavy atom. The van der Waals surface area contributed by atoms with Crippen molar-refractivity contribution in [3.8, 4) is 0 Å². The molecule has 0 saturated carbocycles. The third kappa shape index (κ3) is 5.94. The zero-order valence-electron chi connectivity index (χ0n) is 12.4. The second-order valence-corrected chi connectivity index (χ2v) is 7.09. The summed E-state index contributed by atoms with van der Waals surface area (Å²) in [5.41, 5.74) is 0.593. The summed E-state index contributed by atoms with van der Waals surface area (Å²) in [5.74, 6) is -0.257. The normalized spacial score (nSPS) is 10.6. The molecule has 6 heteroatoms. The van der Waals surface area contributed by atoms with E-state index in [4.69, 9.17) is 4.74 Å². The van der Waals surface area contributed by atoms with Crippen molar-refractivity contribution in [2.75, 3.05) is 19.7 Å². The molecular formula is C15H19BrINO3. The molecule has 0 N–H and O–H groups in total. The van der Waals surface area contributed by atoms with Crippen LogP contribution in [0, 0.1) is 9.49 Å². The summed E-state index contributed by atoms with van der Waals surface area (Å²) in [7, 11) is 0. The van der Waals surface area contributed by atoms with Crippen molar-refractivity contribution >= 4 is 50.4 Å². The standard InChI is InChI=1S/C15H19BrINO3/c1-4-21-14(19)9-18(8-10(2)3)15(20)12-7-11(16)5-6-13(12)17/h5-7,10H,4,8-9H2,1-3H3. The molecule has 0 aromatic heterocycles. The highest BCUT2D eigenvalue weighted by molar-refractivity contribution is 14.1. The van der Waals surface area contributed by atoms with Crippen molar-refractivity contribution in [3.63, 3.8) is 0 Å². The van der Waals surface area contributed by atoms with Crippen molar-refractivity contribution in [1.82, 2.24) is 4.90 Å². The molecule has 0 radical (unpaired) electrons. The van der Waals surface area contributed by atoms with Crippen LogP contribution < -0.4 is 0 Å². The number of halogens is 2. The van der Waals surface area contributed by atoms with Crippen LogP contribution in [0.25, 0.3) is 0 Å². The number of carbonyl (C=O) groups excluding carboxylic acids is 2. The predicted octanol–water partition coefficient (Wildman–Crippen LogP) is 3.72. The summed E-state index contributed by atoms with van der Waals surface area (Å²) in [5, 5.41) is 0. The summed E-state index contributed by atoms with van der Waals surface area (Å²) >= 11 is 5.50. The number of rotatable bonds is 6. The molecule has 0 heterocycles. The molecule has 0 aliphatic rings. The van der Waals surface area contributed by atoms with E-state index in [1.807, 2.05) is 26.0 Å². The van der Waals surface area contributed by atoms with Crippen LogP contribution in [0.15, 0.2) is 22.7 Å². The number of hydrogen-bond donors (Lipinski definition) is 0. The Kier molecular flexibility index (Phi) is 7.65. The Hall–Kier alpha value is -0.630. The van der Waals surface area contributed by atoms with Crippen molar-refractivity contribution < 1.29 is 14.3 Å². The number of amides is 1. The topological polar surface area (TPSA) is 46.6 Å². The smallest absolute Gasteiger partial charge is 0.325 e. The number of hydrogen-bond acceptors (Lipinski definition) is 3. The van der Waals surface area contributed by atoms with E-state index in [1.54, 1.807) is 17.9 Å². The minimum absolute atomic E-state index is 0.0204. The summed E-state index contributed by atoms with van der Waals surface area (Å²) in [6.45, 7) is 6.59. The van der Waals surface area contributed by atoms with Crippen molar-refractivity contribution in [1.29, 1.82) is 0 Å². The van der Waals surface area contributed by atoms with Gasteiger partial charge in [-0.25, -0.2) is 0 Å². The van der Waals surface area contributed by atoms with Gasteiger partial charge >= 0.3 is 5.97 Å². The van der Waals surface area contributed by atoms with E-state index >= 15 is 0 Å². The van der Waals surface area contributed by atoms with E-state index in [0.29, 0.717) is 18.7 Å². The van der Waals surface area contributed by atoms with Crippen LogP contribution in [0.1, 0.15) is 31.1 Å². The lowest BCUT2D eigenvalue weighted by Crippen LogP contribution is -2.39. The van der Waals surface area contributed by atoms with Gasteiger partial charge in [0.05, 0.1) is 12.2 Å². The van der Waals surface area contributed by atoms with Gasteiger partial charge in [-0.15, -0.1) is 0 Å². The van der Waals surface area contributed by atoms with Gasteiger partial charge in [-0.3, -0.25) is 9.59 Å². The summed E-state index contributed by atoms with van der Waals surface area (Å²) in [6.07, 6.45) is 0. The van der Waals surface area contributed by atoms with Gasteiger partial charge in [-0.05, 0) is 53.6 Å². The highest BCUT2D eigenvalue weighted by Gasteiger charge is 2.22. The molecule has 0 aliphatic carbocycles. The van der Waals surface area contributed by atoms with Crippen LogP contribution >= 0.6 is 38.5 Å². The lowest BCUT2D eigenvalue weighted by Gasteiger charge is -2.24. The molecule has 0 fully saturated rings. The first kappa shape index (κ1) is 18.4. The van der Waals surface area contributed by atoms with Crippen LogP contribution in [-0.2, 0) is 9.53 Å². The highest BCUT2D eigenvalue weighted by atomic mass is 127. The fraction of sp³-hybridized carbons (Fsp3) is 0.467. The van der Waals surface area contributed by atoms with Gasteiger partial charge in [0.25, 0.3) is 5.91 Å². The maximum Gasteiger partial charge on any atom is 0.325 e. The SMILES string of the molecule is CCOC(=O)CN(CC(C)C)C(=O)c1cc(Br)ccc1I. The number of benzene rings is 1. The first-order valence-electron chi connectivity index (χ1n) is 6.75. The van der Waals surface area contributed by atoms with Crippen molar-refractivity contribution in [2.24, 2.45) is 5.92 Å². The van der Waals surface area contributed by atoms with Crippen molar-refractivity contribution in [3.05, 3.63) is 31.8 Å². The minimum atomic E-state index is -0.378. The van der Waals surface area contributed by atoms with Gasteiger partial charge in [-0.2, -0.15) is 0 Å². The average molecular weight is 468 g/mol. The minimum Gasteiger partial charge on any atom is -0.465 e. The van der Waals surface area contributed by atoms with E-state index in [0.717, 1.165) is 8.04 Å². The van der Waals surface area contributed by atoms with Gasteiger partial charge in [0.2, 0.25) is 0 Å². The van der Waals surface area contributed by atoms with Gasteiger partial charge < -0.3 is 9.64 Å². The molecule has 4 nitrogen and oxygen atoms in total. The summed E-state index contributed by atoms with van der Waals surface area (Å²) in [4.78, 5) is 25.9. The Labute approximate surface area is 147 Å². The molecule has 1 amide bonds. The predicted molar refractivity (Wildman–Crippen MR) is 94.2 cm³/mol. The molecule has 116 valence electrons. The van der Waals surface area contributed by atoms with E-state index in [9.17, 15) is 9.59 Å². The molecule has 0 aliphatic heterocycles. The number of esters is 1. The molecule has 1 rings (SSSR count). The maximum atomic E-state index is 12.7. The molecule has 0 saturated heterocycles. The second-order valence-electron chi connectivity index (χ2n) is 5.01. The van der Waals surface area contributed by atoms with E-state index in [1.165, 1.54) is 0 Å². The van der Waals surface area contributed by atoms with Crippen LogP contribution in [0.5, 0.6) is 0 Å². The molecule has 1 aromatic carbocycles. The fourth-order valence-electron chi connectivity index (χ4n) is 1.85. The van der Waals surface area contributed by atoms with Crippen molar-refractivity contribution in [2.45, 2.75) is 20.8 Å². The Bertz CT molecular complexity index is 520. The Morgan fingerprint density at radius 3 is 2.62 bits per heavy atom. The van der Waals surface area contributed by atoms with Crippen LogP contribution in [0.2, 0.25) is 0 Å². The van der Waals surface area contributed by atoms with Crippen LogP contribution in [-0.4, -0.2) is 36.5 Å². The van der Waals surface area contributed by atoms with E-state index < -0.39 is 0 Å². The zero-order valence-corrected chi connectivity index (χ0v) is 16.1. The van der Waals surface area contributed by atoms with E-state index in [-0.39, 0.29) is 24.3 Å². The molecule has 0 spiro atoms. The first-order valence-corrected chi connectivity index (χ1v) is 8.62. The average Bonchev–Trinajstić information content (AvgIpc) is 2.39. The largest absolute Gasteiger partial charge is 0.465 e. The summed E-state index contributed by atoms with van der Waals surface area (Å²) < 4.78 is 6.65. The van der Waals surface area contributed by atoms with Gasteiger partial charge in [0, 0.05) is 14.6 Å². The lowest BCUT2D eigenvalue weighted by molar-refractivity contribution is -0.143. The molecule has 0 bridgehead atoms. The van der Waals surface area contributed by atoms with Gasteiger partial charge in [0.1, 0.15) is 6.54 Å². The quantitative estimate of drug-likeness (QED) is 0.473. The fourth-order valence-corrected chi connectivity index (χ4v) is 2.78. The molecular weight excluding hydrogens is 449 g/mol. The van der Waals surface area contributed by atoms with E-state index in [2.05, 4.69) is 38.5 Å². The number of ether oxygens (including phenoxy) is 1. The molecule has 21 heavy (non-hydrogen) atoms. The first-order chi connectivity index (χ1) is 9.85. The van der Waals surface area contributed by atoms with Gasteiger partial charge in [0.15, 0.2) is 0 Å². The zero-order chi connectivity index (χ0) is 16.0. The third-order valence-corrected chi connectivity index (χ3v) is 4.09. The van der Waals surface area contributed by atoms with Gasteiger partial charge in [-0.1, -0.05) is 29.8 Å². The molecule has 0 atom stereocenters. The third-order valence-electron chi connectivity index (χ3n) is 2.66.